The smallest absolute Gasteiger partial charge is 0.257 e. The maximum atomic E-state index is 12.7. The second-order valence-corrected chi connectivity index (χ2v) is 5.77. The van der Waals surface area contributed by atoms with E-state index in [9.17, 15) is 14.4 Å². The van der Waals surface area contributed by atoms with Gasteiger partial charge < -0.3 is 14.4 Å². The van der Waals surface area contributed by atoms with E-state index in [-0.39, 0.29) is 24.8 Å². The molecule has 2 rings (SSSR count). The number of benzene rings is 1. The van der Waals surface area contributed by atoms with E-state index in [0.717, 1.165) is 4.90 Å². The fraction of sp³-hybridized carbons (Fsp3) is 0.438. The van der Waals surface area contributed by atoms with Crippen LogP contribution in [0.5, 0.6) is 0 Å². The van der Waals surface area contributed by atoms with Gasteiger partial charge >= 0.3 is 0 Å². The molecule has 0 saturated carbocycles. The van der Waals surface area contributed by atoms with Crippen LogP contribution in [0, 0.1) is 0 Å². The molecule has 0 aliphatic carbocycles. The topological polar surface area (TPSA) is 76.2 Å². The van der Waals surface area contributed by atoms with Gasteiger partial charge in [0.15, 0.2) is 6.29 Å². The fourth-order valence-corrected chi connectivity index (χ4v) is 2.73. The summed E-state index contributed by atoms with van der Waals surface area (Å²) in [7, 11) is 2.88. The van der Waals surface area contributed by atoms with Crippen molar-refractivity contribution < 1.29 is 23.9 Å². The lowest BCUT2D eigenvalue weighted by Gasteiger charge is -2.29. The molecule has 1 saturated heterocycles. The maximum Gasteiger partial charge on any atom is 0.257 e. The van der Waals surface area contributed by atoms with Crippen molar-refractivity contribution in [2.75, 3.05) is 25.7 Å². The number of nitrogens with zero attached hydrogens (tertiary/aromatic N) is 2. The molecule has 1 heterocycles. The average Bonchev–Trinajstić information content (AvgIpc) is 2.84. The van der Waals surface area contributed by atoms with E-state index in [1.807, 2.05) is 0 Å². The average molecular weight is 355 g/mol. The van der Waals surface area contributed by atoms with Crippen molar-refractivity contribution in [2.45, 2.75) is 25.7 Å². The summed E-state index contributed by atoms with van der Waals surface area (Å²) >= 11 is 5.83. The van der Waals surface area contributed by atoms with Crippen molar-refractivity contribution >= 4 is 35.0 Å². The summed E-state index contributed by atoms with van der Waals surface area (Å²) in [6.45, 7) is 1.39. The Bertz CT molecular complexity index is 630. The number of rotatable bonds is 6. The first kappa shape index (κ1) is 18.4. The zero-order chi connectivity index (χ0) is 17.9. The Hall–Kier alpha value is -1.96. The van der Waals surface area contributed by atoms with E-state index in [0.29, 0.717) is 10.7 Å². The third-order valence-corrected chi connectivity index (χ3v) is 4.11. The summed E-state index contributed by atoms with van der Waals surface area (Å²) in [4.78, 5) is 39.3. The largest absolute Gasteiger partial charge is 0.354 e. The number of imide groups is 1. The minimum absolute atomic E-state index is 0.0560. The Labute approximate surface area is 145 Å². The molecule has 1 fully saturated rings. The molecule has 1 atom stereocenters. The molecule has 0 N–H and O–H groups in total. The summed E-state index contributed by atoms with van der Waals surface area (Å²) in [5, 5.41) is 0.503. The number of halogens is 1. The SMILES string of the molecule is COC(CN(C(C)=O)C1CC(=O)N(c2ccc(Cl)cc2)C1=O)OC. The highest BCUT2D eigenvalue weighted by Gasteiger charge is 2.44. The Kier molecular flexibility index (Phi) is 5.93. The van der Waals surface area contributed by atoms with Crippen molar-refractivity contribution in [1.82, 2.24) is 4.90 Å². The zero-order valence-electron chi connectivity index (χ0n) is 13.7. The lowest BCUT2D eigenvalue weighted by Crippen LogP contribution is -2.48. The maximum absolute atomic E-state index is 12.7. The Morgan fingerprint density at radius 1 is 1.29 bits per heavy atom. The molecule has 130 valence electrons. The van der Waals surface area contributed by atoms with Crippen LogP contribution in [0.4, 0.5) is 5.69 Å². The minimum Gasteiger partial charge on any atom is -0.354 e. The van der Waals surface area contributed by atoms with Gasteiger partial charge in [-0.05, 0) is 24.3 Å². The number of ether oxygens (including phenoxy) is 2. The Morgan fingerprint density at radius 2 is 1.88 bits per heavy atom. The van der Waals surface area contributed by atoms with E-state index < -0.39 is 18.2 Å². The van der Waals surface area contributed by atoms with Crippen LogP contribution in [0.15, 0.2) is 24.3 Å². The third-order valence-electron chi connectivity index (χ3n) is 3.86. The zero-order valence-corrected chi connectivity index (χ0v) is 14.4. The number of anilines is 1. The molecular formula is C16H19ClN2O5. The van der Waals surface area contributed by atoms with Gasteiger partial charge in [0.25, 0.3) is 5.91 Å². The molecule has 0 aromatic heterocycles. The first-order valence-corrected chi connectivity index (χ1v) is 7.72. The highest BCUT2D eigenvalue weighted by atomic mass is 35.5. The molecular weight excluding hydrogens is 336 g/mol. The molecule has 24 heavy (non-hydrogen) atoms. The summed E-state index contributed by atoms with van der Waals surface area (Å²) in [6.07, 6.45) is -0.761. The van der Waals surface area contributed by atoms with Crippen LogP contribution < -0.4 is 4.90 Å². The van der Waals surface area contributed by atoms with Crippen LogP contribution in [-0.2, 0) is 23.9 Å². The summed E-state index contributed by atoms with van der Waals surface area (Å²) in [5.74, 6) is -1.16. The van der Waals surface area contributed by atoms with Crippen molar-refractivity contribution in [3.8, 4) is 0 Å². The molecule has 1 unspecified atom stereocenters. The van der Waals surface area contributed by atoms with Gasteiger partial charge in [-0.15, -0.1) is 0 Å². The summed E-state index contributed by atoms with van der Waals surface area (Å²) in [5.41, 5.74) is 0.426. The van der Waals surface area contributed by atoms with Crippen molar-refractivity contribution in [3.05, 3.63) is 29.3 Å². The standard InChI is InChI=1S/C16H19ClN2O5/c1-10(20)18(9-15(23-2)24-3)13-8-14(21)19(16(13)22)12-6-4-11(17)5-7-12/h4-7,13,15H,8-9H2,1-3H3. The number of carbonyl (C=O) groups is 3. The number of amides is 3. The summed E-state index contributed by atoms with van der Waals surface area (Å²) in [6, 6.07) is 5.49. The highest BCUT2D eigenvalue weighted by molar-refractivity contribution is 6.30. The van der Waals surface area contributed by atoms with Gasteiger partial charge in [0, 0.05) is 26.2 Å². The van der Waals surface area contributed by atoms with Gasteiger partial charge in [0.05, 0.1) is 18.7 Å². The highest BCUT2D eigenvalue weighted by Crippen LogP contribution is 2.27. The molecule has 1 aliphatic heterocycles. The number of carbonyl (C=O) groups excluding carboxylic acids is 3. The monoisotopic (exact) mass is 354 g/mol. The van der Waals surface area contributed by atoms with E-state index in [4.69, 9.17) is 21.1 Å². The van der Waals surface area contributed by atoms with E-state index in [2.05, 4.69) is 0 Å². The van der Waals surface area contributed by atoms with Crippen LogP contribution >= 0.6 is 11.6 Å². The van der Waals surface area contributed by atoms with Gasteiger partial charge in [-0.3, -0.25) is 14.4 Å². The van der Waals surface area contributed by atoms with Gasteiger partial charge in [0.1, 0.15) is 6.04 Å². The van der Waals surface area contributed by atoms with Crippen LogP contribution in [0.25, 0.3) is 0 Å². The number of methoxy groups -OCH3 is 2. The molecule has 0 bridgehead atoms. The van der Waals surface area contributed by atoms with Crippen LogP contribution in [0.1, 0.15) is 13.3 Å². The molecule has 1 aromatic carbocycles. The molecule has 8 heteroatoms. The Balaban J connectivity index is 2.24. The van der Waals surface area contributed by atoms with Crippen molar-refractivity contribution in [1.29, 1.82) is 0 Å². The van der Waals surface area contributed by atoms with Gasteiger partial charge in [-0.2, -0.15) is 0 Å². The second kappa shape index (κ2) is 7.74. The minimum atomic E-state index is -0.876. The lowest BCUT2D eigenvalue weighted by atomic mass is 10.2. The predicted octanol–water partition coefficient (Wildman–Crippen LogP) is 1.44. The number of hydrogen-bond acceptors (Lipinski definition) is 5. The first-order chi connectivity index (χ1) is 11.4. The molecule has 1 aliphatic rings. The van der Waals surface area contributed by atoms with Crippen LogP contribution in [0.3, 0.4) is 0 Å². The third kappa shape index (κ3) is 3.75. The summed E-state index contributed by atoms with van der Waals surface area (Å²) < 4.78 is 10.2. The van der Waals surface area contributed by atoms with Crippen LogP contribution in [0.2, 0.25) is 5.02 Å². The van der Waals surface area contributed by atoms with Gasteiger partial charge in [-0.1, -0.05) is 11.6 Å². The quantitative estimate of drug-likeness (QED) is 0.570. The van der Waals surface area contributed by atoms with E-state index >= 15 is 0 Å². The number of hydrogen-bond donors (Lipinski definition) is 0. The predicted molar refractivity (Wildman–Crippen MR) is 87.5 cm³/mol. The van der Waals surface area contributed by atoms with Crippen LogP contribution in [-0.4, -0.2) is 55.7 Å². The first-order valence-electron chi connectivity index (χ1n) is 7.34. The Morgan fingerprint density at radius 3 is 2.38 bits per heavy atom. The molecule has 1 aromatic rings. The van der Waals surface area contributed by atoms with Gasteiger partial charge in [0.2, 0.25) is 11.8 Å². The fourth-order valence-electron chi connectivity index (χ4n) is 2.60. The normalized spacial score (nSPS) is 17.7. The van der Waals surface area contributed by atoms with E-state index in [1.54, 1.807) is 24.3 Å². The van der Waals surface area contributed by atoms with Gasteiger partial charge in [-0.25, -0.2) is 4.90 Å². The molecule has 0 spiro atoms. The lowest BCUT2D eigenvalue weighted by molar-refractivity contribution is -0.150. The molecule has 7 nitrogen and oxygen atoms in total. The molecule has 3 amide bonds. The molecule has 0 radical (unpaired) electrons. The van der Waals surface area contributed by atoms with E-state index in [1.165, 1.54) is 26.0 Å². The van der Waals surface area contributed by atoms with Crippen molar-refractivity contribution in [2.24, 2.45) is 0 Å². The van der Waals surface area contributed by atoms with Crippen molar-refractivity contribution in [3.63, 3.8) is 0 Å². The second-order valence-electron chi connectivity index (χ2n) is 5.34.